The Kier molecular flexibility index (Phi) is 5.91. The monoisotopic (exact) mass is 258 g/mol. The summed E-state index contributed by atoms with van der Waals surface area (Å²) in [5.74, 6) is -0.524. The maximum absolute atomic E-state index is 11.7. The molecule has 1 fully saturated rings. The topological polar surface area (TPSA) is 87.7 Å². The Hall–Kier alpha value is -1.30. The molecule has 0 radical (unpaired) electrons. The quantitative estimate of drug-likeness (QED) is 0.605. The molecule has 3 N–H and O–H groups in total. The summed E-state index contributed by atoms with van der Waals surface area (Å²) in [5.41, 5.74) is 0. The van der Waals surface area contributed by atoms with Crippen LogP contribution in [0.15, 0.2) is 0 Å². The van der Waals surface area contributed by atoms with Gasteiger partial charge in [0.05, 0.1) is 12.6 Å². The zero-order valence-corrected chi connectivity index (χ0v) is 10.9. The molecule has 6 nitrogen and oxygen atoms in total. The molecular weight excluding hydrogens is 236 g/mol. The van der Waals surface area contributed by atoms with Crippen molar-refractivity contribution in [1.82, 2.24) is 10.6 Å². The van der Waals surface area contributed by atoms with Gasteiger partial charge in [0.1, 0.15) is 6.04 Å². The van der Waals surface area contributed by atoms with E-state index in [9.17, 15) is 9.59 Å². The summed E-state index contributed by atoms with van der Waals surface area (Å²) < 4.78 is 4.96. The van der Waals surface area contributed by atoms with Gasteiger partial charge in [-0.25, -0.2) is 9.59 Å². The molecule has 6 heteroatoms. The van der Waals surface area contributed by atoms with Gasteiger partial charge >= 0.3 is 12.0 Å². The molecule has 2 atom stereocenters. The maximum Gasteiger partial charge on any atom is 0.326 e. The van der Waals surface area contributed by atoms with E-state index >= 15 is 0 Å². The van der Waals surface area contributed by atoms with Crippen LogP contribution in [0.5, 0.6) is 0 Å². The number of urea groups is 1. The Morgan fingerprint density at radius 1 is 1.39 bits per heavy atom. The van der Waals surface area contributed by atoms with Crippen molar-refractivity contribution in [1.29, 1.82) is 0 Å². The van der Waals surface area contributed by atoms with Crippen molar-refractivity contribution in [2.24, 2.45) is 5.92 Å². The Bertz CT molecular complexity index is 292. The number of hydrogen-bond acceptors (Lipinski definition) is 3. The standard InChI is InChI=1S/C12H22N2O4/c1-3-9(7-18-2)13-12(17)14-10(11(15)16)6-8-4-5-8/h8-10H,3-7H2,1-2H3,(H,15,16)(H2,13,14,17)/t9?,10-/m0/s1. The molecule has 1 unspecified atom stereocenters. The number of nitrogens with one attached hydrogen (secondary N) is 2. The first-order valence-electron chi connectivity index (χ1n) is 6.35. The average molecular weight is 258 g/mol. The zero-order chi connectivity index (χ0) is 13.5. The minimum absolute atomic E-state index is 0.0923. The van der Waals surface area contributed by atoms with Crippen LogP contribution in [0, 0.1) is 5.92 Å². The molecule has 1 aliphatic carbocycles. The second-order valence-corrected chi connectivity index (χ2v) is 4.75. The molecule has 18 heavy (non-hydrogen) atoms. The first kappa shape index (κ1) is 14.8. The van der Waals surface area contributed by atoms with E-state index in [1.54, 1.807) is 7.11 Å². The van der Waals surface area contributed by atoms with Crippen LogP contribution in [-0.4, -0.2) is 42.9 Å². The van der Waals surface area contributed by atoms with Gasteiger partial charge in [0.15, 0.2) is 0 Å². The van der Waals surface area contributed by atoms with Crippen molar-refractivity contribution >= 4 is 12.0 Å². The molecular formula is C12H22N2O4. The minimum Gasteiger partial charge on any atom is -0.480 e. The highest BCUT2D eigenvalue weighted by atomic mass is 16.5. The number of amides is 2. The first-order valence-corrected chi connectivity index (χ1v) is 6.35. The van der Waals surface area contributed by atoms with Crippen LogP contribution in [0.25, 0.3) is 0 Å². The summed E-state index contributed by atoms with van der Waals surface area (Å²) in [6.07, 6.45) is 3.38. The largest absolute Gasteiger partial charge is 0.480 e. The van der Waals surface area contributed by atoms with Crippen molar-refractivity contribution in [3.8, 4) is 0 Å². The fourth-order valence-electron chi connectivity index (χ4n) is 1.76. The number of methoxy groups -OCH3 is 1. The average Bonchev–Trinajstić information content (AvgIpc) is 3.11. The van der Waals surface area contributed by atoms with Gasteiger partial charge < -0.3 is 20.5 Å². The van der Waals surface area contributed by atoms with Crippen LogP contribution in [0.3, 0.4) is 0 Å². The van der Waals surface area contributed by atoms with E-state index in [0.29, 0.717) is 18.9 Å². The third-order valence-corrected chi connectivity index (χ3v) is 3.07. The third kappa shape index (κ3) is 5.35. The lowest BCUT2D eigenvalue weighted by molar-refractivity contribution is -0.139. The van der Waals surface area contributed by atoms with Gasteiger partial charge in [0.25, 0.3) is 0 Å². The fourth-order valence-corrected chi connectivity index (χ4v) is 1.76. The number of carbonyl (C=O) groups is 2. The predicted octanol–water partition coefficient (Wildman–Crippen LogP) is 0.964. The van der Waals surface area contributed by atoms with Gasteiger partial charge in [-0.05, 0) is 18.8 Å². The van der Waals surface area contributed by atoms with Gasteiger partial charge in [0, 0.05) is 7.11 Å². The van der Waals surface area contributed by atoms with E-state index in [1.165, 1.54) is 0 Å². The van der Waals surface area contributed by atoms with Crippen molar-refractivity contribution < 1.29 is 19.4 Å². The highest BCUT2D eigenvalue weighted by Crippen LogP contribution is 2.33. The van der Waals surface area contributed by atoms with E-state index < -0.39 is 18.0 Å². The smallest absolute Gasteiger partial charge is 0.326 e. The number of rotatable bonds is 8. The molecule has 0 spiro atoms. The molecule has 0 aliphatic heterocycles. The maximum atomic E-state index is 11.7. The molecule has 0 saturated heterocycles. The van der Waals surface area contributed by atoms with Crippen molar-refractivity contribution in [2.45, 2.75) is 44.7 Å². The van der Waals surface area contributed by atoms with E-state index in [1.807, 2.05) is 6.92 Å². The van der Waals surface area contributed by atoms with Crippen LogP contribution >= 0.6 is 0 Å². The lowest BCUT2D eigenvalue weighted by Gasteiger charge is -2.19. The number of carboxylic acid groups (broad SMARTS) is 1. The van der Waals surface area contributed by atoms with Crippen LogP contribution < -0.4 is 10.6 Å². The van der Waals surface area contributed by atoms with E-state index in [4.69, 9.17) is 9.84 Å². The van der Waals surface area contributed by atoms with Crippen LogP contribution in [0.1, 0.15) is 32.6 Å². The second kappa shape index (κ2) is 7.20. The summed E-state index contributed by atoms with van der Waals surface area (Å²) in [4.78, 5) is 22.7. The Morgan fingerprint density at radius 2 is 2.06 bits per heavy atom. The Morgan fingerprint density at radius 3 is 2.50 bits per heavy atom. The van der Waals surface area contributed by atoms with Crippen molar-refractivity contribution in [3.05, 3.63) is 0 Å². The molecule has 1 rings (SSSR count). The molecule has 104 valence electrons. The van der Waals surface area contributed by atoms with E-state index in [2.05, 4.69) is 10.6 Å². The fraction of sp³-hybridized carbons (Fsp3) is 0.833. The molecule has 1 saturated carbocycles. The lowest BCUT2D eigenvalue weighted by Crippen LogP contribution is -2.50. The van der Waals surface area contributed by atoms with Crippen molar-refractivity contribution in [3.63, 3.8) is 0 Å². The molecule has 0 bridgehead atoms. The summed E-state index contributed by atoms with van der Waals surface area (Å²) in [7, 11) is 1.56. The normalized spacial score (nSPS) is 17.9. The molecule has 0 heterocycles. The van der Waals surface area contributed by atoms with Crippen LogP contribution in [0.4, 0.5) is 4.79 Å². The highest BCUT2D eigenvalue weighted by molar-refractivity contribution is 5.82. The summed E-state index contributed by atoms with van der Waals surface area (Å²) in [6, 6.07) is -1.32. The molecule has 0 aromatic rings. The summed E-state index contributed by atoms with van der Waals surface area (Å²) >= 11 is 0. The number of aliphatic carboxylic acids is 1. The first-order chi connectivity index (χ1) is 8.56. The Labute approximate surface area is 107 Å². The zero-order valence-electron chi connectivity index (χ0n) is 10.9. The number of carboxylic acids is 1. The van der Waals surface area contributed by atoms with Gasteiger partial charge in [-0.15, -0.1) is 0 Å². The number of hydrogen-bond donors (Lipinski definition) is 3. The SMILES string of the molecule is CCC(COC)NC(=O)N[C@@H](CC1CC1)C(=O)O. The molecule has 2 amide bonds. The predicted molar refractivity (Wildman–Crippen MR) is 66.4 cm³/mol. The van der Waals surface area contributed by atoms with Crippen LogP contribution in [-0.2, 0) is 9.53 Å². The number of ether oxygens (including phenoxy) is 1. The minimum atomic E-state index is -0.975. The Balaban J connectivity index is 2.36. The van der Waals surface area contributed by atoms with E-state index in [0.717, 1.165) is 19.3 Å². The molecule has 0 aromatic carbocycles. The van der Waals surface area contributed by atoms with Crippen molar-refractivity contribution in [2.75, 3.05) is 13.7 Å². The molecule has 1 aliphatic rings. The molecule has 0 aromatic heterocycles. The van der Waals surface area contributed by atoms with Gasteiger partial charge in [-0.1, -0.05) is 19.8 Å². The summed E-state index contributed by atoms with van der Waals surface area (Å²) in [5, 5.41) is 14.2. The van der Waals surface area contributed by atoms with Crippen LogP contribution in [0.2, 0.25) is 0 Å². The van der Waals surface area contributed by atoms with Gasteiger partial charge in [-0.3, -0.25) is 0 Å². The highest BCUT2D eigenvalue weighted by Gasteiger charge is 2.30. The second-order valence-electron chi connectivity index (χ2n) is 4.75. The van der Waals surface area contributed by atoms with Gasteiger partial charge in [0.2, 0.25) is 0 Å². The van der Waals surface area contributed by atoms with Gasteiger partial charge in [-0.2, -0.15) is 0 Å². The van der Waals surface area contributed by atoms with E-state index in [-0.39, 0.29) is 6.04 Å². The third-order valence-electron chi connectivity index (χ3n) is 3.07. The summed E-state index contributed by atoms with van der Waals surface area (Å²) in [6.45, 7) is 2.35. The number of carbonyl (C=O) groups excluding carboxylic acids is 1. The lowest BCUT2D eigenvalue weighted by atomic mass is 10.1.